The fraction of sp³-hybridized carbons (Fsp3) is 0.0667. The number of fused-ring (bicyclic) bond motifs is 1. The molecule has 0 fully saturated rings. The minimum absolute atomic E-state index is 0.272. The summed E-state index contributed by atoms with van der Waals surface area (Å²) in [4.78, 5) is 8.93. The predicted molar refractivity (Wildman–Crippen MR) is 78.4 cm³/mol. The van der Waals surface area contributed by atoms with Crippen molar-refractivity contribution < 1.29 is 5.11 Å². The highest BCUT2D eigenvalue weighted by atomic mass is 32.2. The van der Waals surface area contributed by atoms with Gasteiger partial charge in [-0.25, -0.2) is 4.98 Å². The van der Waals surface area contributed by atoms with Crippen molar-refractivity contribution in [3.8, 4) is 16.9 Å². The van der Waals surface area contributed by atoms with E-state index in [0.717, 1.165) is 27.2 Å². The first kappa shape index (κ1) is 12.0. The van der Waals surface area contributed by atoms with E-state index >= 15 is 0 Å². The third-order valence-electron chi connectivity index (χ3n) is 2.93. The van der Waals surface area contributed by atoms with Gasteiger partial charge in [0, 0.05) is 0 Å². The van der Waals surface area contributed by atoms with Gasteiger partial charge in [0.2, 0.25) is 0 Å². The number of rotatable bonds is 2. The second-order valence-corrected chi connectivity index (χ2v) is 4.99. The van der Waals surface area contributed by atoms with Gasteiger partial charge in [0.05, 0.1) is 17.2 Å². The molecule has 0 bridgehead atoms. The van der Waals surface area contributed by atoms with Gasteiger partial charge in [-0.05, 0) is 41.6 Å². The molecular formula is C15H12N2OS. The summed E-state index contributed by atoms with van der Waals surface area (Å²) in [5.41, 5.74) is 3.90. The molecule has 0 atom stereocenters. The van der Waals surface area contributed by atoms with Gasteiger partial charge in [-0.3, -0.25) is 4.98 Å². The molecule has 1 aromatic heterocycles. The van der Waals surface area contributed by atoms with Crippen molar-refractivity contribution in [2.75, 3.05) is 6.26 Å². The van der Waals surface area contributed by atoms with E-state index in [1.165, 1.54) is 0 Å². The van der Waals surface area contributed by atoms with Crippen LogP contribution >= 0.6 is 11.8 Å². The number of thioether (sulfide) groups is 1. The maximum Gasteiger partial charge on any atom is 0.115 e. The van der Waals surface area contributed by atoms with Crippen molar-refractivity contribution in [3.05, 3.63) is 48.7 Å². The minimum Gasteiger partial charge on any atom is -0.508 e. The number of aromatic nitrogens is 2. The largest absolute Gasteiger partial charge is 0.508 e. The van der Waals surface area contributed by atoms with Gasteiger partial charge in [-0.2, -0.15) is 0 Å². The third kappa shape index (κ3) is 2.39. The molecule has 0 amide bonds. The summed E-state index contributed by atoms with van der Waals surface area (Å²) in [7, 11) is 0. The monoisotopic (exact) mass is 268 g/mol. The lowest BCUT2D eigenvalue weighted by atomic mass is 10.0. The fourth-order valence-electron chi connectivity index (χ4n) is 1.93. The lowest BCUT2D eigenvalue weighted by Gasteiger charge is -2.04. The van der Waals surface area contributed by atoms with Crippen molar-refractivity contribution in [1.82, 2.24) is 9.97 Å². The lowest BCUT2D eigenvalue weighted by molar-refractivity contribution is 0.475. The molecule has 1 N–H and O–H groups in total. The Bertz CT molecular complexity index is 726. The topological polar surface area (TPSA) is 46.0 Å². The molecule has 0 radical (unpaired) electrons. The van der Waals surface area contributed by atoms with Crippen LogP contribution in [0, 0.1) is 0 Å². The van der Waals surface area contributed by atoms with Crippen LogP contribution in [0.2, 0.25) is 0 Å². The maximum atomic E-state index is 9.31. The van der Waals surface area contributed by atoms with Gasteiger partial charge in [0.25, 0.3) is 0 Å². The van der Waals surface area contributed by atoms with Gasteiger partial charge < -0.3 is 5.11 Å². The Morgan fingerprint density at radius 2 is 1.68 bits per heavy atom. The Hall–Kier alpha value is -2.07. The smallest absolute Gasteiger partial charge is 0.115 e. The SMILES string of the molecule is CSc1cnc2cc(-c3ccc(O)cc3)ccc2n1. The summed E-state index contributed by atoms with van der Waals surface area (Å²) >= 11 is 1.58. The fourth-order valence-corrected chi connectivity index (χ4v) is 2.27. The molecule has 94 valence electrons. The average molecular weight is 268 g/mol. The van der Waals surface area contributed by atoms with Gasteiger partial charge >= 0.3 is 0 Å². The molecule has 0 aliphatic heterocycles. The molecule has 1 heterocycles. The normalized spacial score (nSPS) is 10.8. The number of phenols is 1. The van der Waals surface area contributed by atoms with E-state index in [1.807, 2.05) is 36.6 Å². The minimum atomic E-state index is 0.272. The van der Waals surface area contributed by atoms with Gasteiger partial charge in [0.15, 0.2) is 0 Å². The van der Waals surface area contributed by atoms with E-state index in [4.69, 9.17) is 0 Å². The first-order valence-corrected chi connectivity index (χ1v) is 7.09. The molecule has 3 nitrogen and oxygen atoms in total. The van der Waals surface area contributed by atoms with E-state index < -0.39 is 0 Å². The molecule has 0 saturated carbocycles. The van der Waals surface area contributed by atoms with Crippen LogP contribution in [0.4, 0.5) is 0 Å². The maximum absolute atomic E-state index is 9.31. The van der Waals surface area contributed by atoms with Crippen LogP contribution in [0.3, 0.4) is 0 Å². The standard InChI is InChI=1S/C15H12N2OS/c1-19-15-9-16-14-8-11(4-7-13(14)17-15)10-2-5-12(18)6-3-10/h2-9,18H,1H3. The zero-order valence-corrected chi connectivity index (χ0v) is 11.2. The van der Waals surface area contributed by atoms with Crippen molar-refractivity contribution in [2.45, 2.75) is 5.03 Å². The molecule has 2 aromatic carbocycles. The zero-order chi connectivity index (χ0) is 13.2. The Morgan fingerprint density at radius 1 is 0.947 bits per heavy atom. The first-order chi connectivity index (χ1) is 9.26. The molecule has 3 rings (SSSR count). The highest BCUT2D eigenvalue weighted by molar-refractivity contribution is 7.98. The van der Waals surface area contributed by atoms with Crippen molar-refractivity contribution in [2.24, 2.45) is 0 Å². The molecule has 0 aliphatic rings. The molecule has 4 heteroatoms. The summed E-state index contributed by atoms with van der Waals surface area (Å²) in [6.45, 7) is 0. The summed E-state index contributed by atoms with van der Waals surface area (Å²) in [5.74, 6) is 0.272. The average Bonchev–Trinajstić information content (AvgIpc) is 2.47. The predicted octanol–water partition coefficient (Wildman–Crippen LogP) is 3.72. The van der Waals surface area contributed by atoms with E-state index in [-0.39, 0.29) is 5.75 Å². The second-order valence-electron chi connectivity index (χ2n) is 4.16. The molecule has 0 spiro atoms. The van der Waals surface area contributed by atoms with Gasteiger partial charge in [-0.1, -0.05) is 18.2 Å². The first-order valence-electron chi connectivity index (χ1n) is 5.86. The van der Waals surface area contributed by atoms with E-state index in [0.29, 0.717) is 0 Å². The number of hydrogen-bond acceptors (Lipinski definition) is 4. The molecule has 0 saturated heterocycles. The second kappa shape index (κ2) is 4.90. The summed E-state index contributed by atoms with van der Waals surface area (Å²) in [6, 6.07) is 13.2. The number of phenolic OH excluding ortho intramolecular Hbond substituents is 1. The highest BCUT2D eigenvalue weighted by Gasteiger charge is 2.03. The van der Waals surface area contributed by atoms with Crippen LogP contribution in [0.25, 0.3) is 22.2 Å². The number of hydrogen-bond donors (Lipinski definition) is 1. The van der Waals surface area contributed by atoms with Crippen LogP contribution in [0.15, 0.2) is 53.7 Å². The Balaban J connectivity index is 2.08. The van der Waals surface area contributed by atoms with Crippen LogP contribution < -0.4 is 0 Å². The molecular weight excluding hydrogens is 256 g/mol. The summed E-state index contributed by atoms with van der Waals surface area (Å²) in [6.07, 6.45) is 3.77. The van der Waals surface area contributed by atoms with Crippen LogP contribution in [0.5, 0.6) is 5.75 Å². The van der Waals surface area contributed by atoms with E-state index in [2.05, 4.69) is 9.97 Å². The molecule has 3 aromatic rings. The van der Waals surface area contributed by atoms with Crippen molar-refractivity contribution in [1.29, 1.82) is 0 Å². The zero-order valence-electron chi connectivity index (χ0n) is 10.4. The Kier molecular flexibility index (Phi) is 3.09. The molecule has 0 aliphatic carbocycles. The van der Waals surface area contributed by atoms with E-state index in [1.54, 1.807) is 30.1 Å². The van der Waals surface area contributed by atoms with Crippen molar-refractivity contribution in [3.63, 3.8) is 0 Å². The Labute approximate surface area is 115 Å². The quantitative estimate of drug-likeness (QED) is 0.719. The molecule has 19 heavy (non-hydrogen) atoms. The summed E-state index contributed by atoms with van der Waals surface area (Å²) < 4.78 is 0. The lowest BCUT2D eigenvalue weighted by Crippen LogP contribution is -1.87. The van der Waals surface area contributed by atoms with Gasteiger partial charge in [-0.15, -0.1) is 11.8 Å². The summed E-state index contributed by atoms with van der Waals surface area (Å²) in [5, 5.41) is 10.2. The van der Waals surface area contributed by atoms with E-state index in [9.17, 15) is 5.11 Å². The van der Waals surface area contributed by atoms with Crippen LogP contribution in [0.1, 0.15) is 0 Å². The number of benzene rings is 2. The number of nitrogens with zero attached hydrogens (tertiary/aromatic N) is 2. The van der Waals surface area contributed by atoms with Crippen LogP contribution in [-0.2, 0) is 0 Å². The van der Waals surface area contributed by atoms with Crippen molar-refractivity contribution >= 4 is 22.8 Å². The number of aromatic hydroxyl groups is 1. The Morgan fingerprint density at radius 3 is 2.42 bits per heavy atom. The molecule has 0 unspecified atom stereocenters. The third-order valence-corrected chi connectivity index (χ3v) is 3.54. The van der Waals surface area contributed by atoms with Crippen LogP contribution in [-0.4, -0.2) is 21.3 Å². The highest BCUT2D eigenvalue weighted by Crippen LogP contribution is 2.25. The van der Waals surface area contributed by atoms with Gasteiger partial charge in [0.1, 0.15) is 10.8 Å².